The van der Waals surface area contributed by atoms with Gasteiger partial charge in [0, 0.05) is 13.0 Å². The standard InChI is InChI=1S/C13H23NO2/c1-8(2)12(7-16-3)14-13(15)11-5-9-4-10(9)6-11/h8-12H,4-7H2,1-3H3,(H,14,15). The first-order valence-corrected chi connectivity index (χ1v) is 6.41. The molecule has 0 heterocycles. The molecule has 2 fully saturated rings. The molecule has 0 aromatic heterocycles. The Labute approximate surface area is 97.9 Å². The summed E-state index contributed by atoms with van der Waals surface area (Å²) in [6, 6.07) is 0.162. The zero-order valence-electron chi connectivity index (χ0n) is 10.5. The molecule has 3 nitrogen and oxygen atoms in total. The molecule has 0 spiro atoms. The minimum absolute atomic E-state index is 0.162. The molecule has 3 atom stereocenters. The Kier molecular flexibility index (Phi) is 3.53. The number of carbonyl (C=O) groups excluding carboxylic acids is 1. The van der Waals surface area contributed by atoms with Gasteiger partial charge in [-0.15, -0.1) is 0 Å². The highest BCUT2D eigenvalue weighted by molar-refractivity contribution is 5.79. The Balaban J connectivity index is 1.80. The van der Waals surface area contributed by atoms with E-state index in [4.69, 9.17) is 4.74 Å². The largest absolute Gasteiger partial charge is 0.383 e. The van der Waals surface area contributed by atoms with Crippen molar-refractivity contribution in [1.29, 1.82) is 0 Å². The molecule has 2 saturated carbocycles. The van der Waals surface area contributed by atoms with Crippen molar-refractivity contribution in [3.8, 4) is 0 Å². The van der Waals surface area contributed by atoms with E-state index in [9.17, 15) is 4.79 Å². The second-order valence-corrected chi connectivity index (χ2v) is 5.74. The number of carbonyl (C=O) groups is 1. The normalized spacial score (nSPS) is 33.6. The van der Waals surface area contributed by atoms with Crippen molar-refractivity contribution in [3.63, 3.8) is 0 Å². The van der Waals surface area contributed by atoms with Crippen LogP contribution >= 0.6 is 0 Å². The van der Waals surface area contributed by atoms with Gasteiger partial charge >= 0.3 is 0 Å². The number of hydrogen-bond acceptors (Lipinski definition) is 2. The molecule has 1 N–H and O–H groups in total. The molecule has 1 amide bonds. The van der Waals surface area contributed by atoms with Crippen molar-refractivity contribution in [2.75, 3.05) is 13.7 Å². The van der Waals surface area contributed by atoms with Crippen LogP contribution in [-0.4, -0.2) is 25.7 Å². The van der Waals surface area contributed by atoms with Gasteiger partial charge in [-0.1, -0.05) is 13.8 Å². The van der Waals surface area contributed by atoms with E-state index in [2.05, 4.69) is 19.2 Å². The van der Waals surface area contributed by atoms with Gasteiger partial charge in [-0.25, -0.2) is 0 Å². The third-order valence-electron chi connectivity index (χ3n) is 4.09. The molecule has 0 aliphatic heterocycles. The van der Waals surface area contributed by atoms with Crippen LogP contribution in [0.15, 0.2) is 0 Å². The molecule has 2 aliphatic rings. The fraction of sp³-hybridized carbons (Fsp3) is 0.923. The summed E-state index contributed by atoms with van der Waals surface area (Å²) in [5, 5.41) is 3.14. The molecule has 0 aromatic carbocycles. The van der Waals surface area contributed by atoms with Crippen molar-refractivity contribution in [1.82, 2.24) is 5.32 Å². The average Bonchev–Trinajstić information content (AvgIpc) is 2.84. The lowest BCUT2D eigenvalue weighted by Gasteiger charge is -2.23. The summed E-state index contributed by atoms with van der Waals surface area (Å²) < 4.78 is 5.14. The van der Waals surface area contributed by atoms with E-state index in [0.29, 0.717) is 12.5 Å². The first-order valence-electron chi connectivity index (χ1n) is 6.41. The number of methoxy groups -OCH3 is 1. The summed E-state index contributed by atoms with van der Waals surface area (Å²) in [4.78, 5) is 12.0. The quantitative estimate of drug-likeness (QED) is 0.775. The van der Waals surface area contributed by atoms with Gasteiger partial charge in [0.05, 0.1) is 12.6 Å². The maximum Gasteiger partial charge on any atom is 0.223 e. The van der Waals surface area contributed by atoms with Crippen LogP contribution in [-0.2, 0) is 9.53 Å². The number of amides is 1. The predicted octanol–water partition coefficient (Wildman–Crippen LogP) is 1.82. The van der Waals surface area contributed by atoms with Gasteiger partial charge in [0.15, 0.2) is 0 Å². The van der Waals surface area contributed by atoms with Gasteiger partial charge in [0.1, 0.15) is 0 Å². The van der Waals surface area contributed by atoms with Gasteiger partial charge in [0.25, 0.3) is 0 Å². The van der Waals surface area contributed by atoms with Crippen molar-refractivity contribution in [3.05, 3.63) is 0 Å². The molecule has 0 radical (unpaired) electrons. The fourth-order valence-electron chi connectivity index (χ4n) is 2.81. The summed E-state index contributed by atoms with van der Waals surface area (Å²) in [5.74, 6) is 2.70. The van der Waals surface area contributed by atoms with E-state index in [-0.39, 0.29) is 17.9 Å². The van der Waals surface area contributed by atoms with Crippen LogP contribution in [0.3, 0.4) is 0 Å². The van der Waals surface area contributed by atoms with Crippen LogP contribution in [0.4, 0.5) is 0 Å². The zero-order valence-corrected chi connectivity index (χ0v) is 10.5. The number of hydrogen-bond donors (Lipinski definition) is 1. The maximum absolute atomic E-state index is 12.0. The van der Waals surface area contributed by atoms with E-state index in [0.717, 1.165) is 24.7 Å². The van der Waals surface area contributed by atoms with Crippen LogP contribution in [0.2, 0.25) is 0 Å². The molecule has 92 valence electrons. The molecule has 2 rings (SSSR count). The molecule has 0 saturated heterocycles. The van der Waals surface area contributed by atoms with Crippen LogP contribution in [0.1, 0.15) is 33.1 Å². The lowest BCUT2D eigenvalue weighted by Crippen LogP contribution is -2.44. The minimum Gasteiger partial charge on any atom is -0.383 e. The lowest BCUT2D eigenvalue weighted by molar-refractivity contribution is -0.126. The zero-order chi connectivity index (χ0) is 11.7. The van der Waals surface area contributed by atoms with Gasteiger partial charge in [0.2, 0.25) is 5.91 Å². The fourth-order valence-corrected chi connectivity index (χ4v) is 2.81. The van der Waals surface area contributed by atoms with Crippen molar-refractivity contribution in [2.24, 2.45) is 23.7 Å². The highest BCUT2D eigenvalue weighted by Gasteiger charge is 2.48. The van der Waals surface area contributed by atoms with Gasteiger partial charge < -0.3 is 10.1 Å². The van der Waals surface area contributed by atoms with Gasteiger partial charge in [-0.05, 0) is 37.0 Å². The lowest BCUT2D eigenvalue weighted by atomic mass is 10.00. The van der Waals surface area contributed by atoms with Crippen molar-refractivity contribution < 1.29 is 9.53 Å². The summed E-state index contributed by atoms with van der Waals surface area (Å²) in [6.45, 7) is 4.86. The minimum atomic E-state index is 0.162. The number of nitrogens with one attached hydrogen (secondary N) is 1. The Morgan fingerprint density at radius 3 is 2.44 bits per heavy atom. The second kappa shape index (κ2) is 4.74. The molecule has 16 heavy (non-hydrogen) atoms. The van der Waals surface area contributed by atoms with Crippen molar-refractivity contribution in [2.45, 2.75) is 39.2 Å². The van der Waals surface area contributed by atoms with Crippen LogP contribution < -0.4 is 5.32 Å². The highest BCUT2D eigenvalue weighted by atomic mass is 16.5. The molecule has 0 bridgehead atoms. The average molecular weight is 225 g/mol. The first kappa shape index (κ1) is 11.9. The summed E-state index contributed by atoms with van der Waals surface area (Å²) in [6.07, 6.45) is 3.61. The topological polar surface area (TPSA) is 38.3 Å². The number of rotatable bonds is 5. The summed E-state index contributed by atoms with van der Waals surface area (Å²) in [7, 11) is 1.69. The Bertz CT molecular complexity index is 255. The molecule has 2 aliphatic carbocycles. The van der Waals surface area contributed by atoms with Gasteiger partial charge in [-0.2, -0.15) is 0 Å². The van der Waals surface area contributed by atoms with E-state index >= 15 is 0 Å². The SMILES string of the molecule is COCC(NC(=O)C1CC2CC2C1)C(C)C. The van der Waals surface area contributed by atoms with Gasteiger partial charge in [-0.3, -0.25) is 4.79 Å². The Morgan fingerprint density at radius 2 is 1.94 bits per heavy atom. The van der Waals surface area contributed by atoms with E-state index < -0.39 is 0 Å². The van der Waals surface area contributed by atoms with E-state index in [1.54, 1.807) is 7.11 Å². The van der Waals surface area contributed by atoms with Crippen LogP contribution in [0, 0.1) is 23.7 Å². The van der Waals surface area contributed by atoms with E-state index in [1.165, 1.54) is 6.42 Å². The van der Waals surface area contributed by atoms with Crippen LogP contribution in [0.5, 0.6) is 0 Å². The summed E-state index contributed by atoms with van der Waals surface area (Å²) in [5.41, 5.74) is 0. The highest BCUT2D eigenvalue weighted by Crippen LogP contribution is 2.54. The smallest absolute Gasteiger partial charge is 0.223 e. The third kappa shape index (κ3) is 2.57. The second-order valence-electron chi connectivity index (χ2n) is 5.74. The molecular weight excluding hydrogens is 202 g/mol. The summed E-state index contributed by atoms with van der Waals surface area (Å²) >= 11 is 0. The third-order valence-corrected chi connectivity index (χ3v) is 4.09. The Morgan fingerprint density at radius 1 is 1.31 bits per heavy atom. The number of ether oxygens (including phenoxy) is 1. The van der Waals surface area contributed by atoms with Crippen molar-refractivity contribution >= 4 is 5.91 Å². The number of fused-ring (bicyclic) bond motifs is 1. The van der Waals surface area contributed by atoms with Crippen LogP contribution in [0.25, 0.3) is 0 Å². The maximum atomic E-state index is 12.0. The monoisotopic (exact) mass is 225 g/mol. The predicted molar refractivity (Wildman–Crippen MR) is 63.0 cm³/mol. The first-order chi connectivity index (χ1) is 7.61. The Hall–Kier alpha value is -0.570. The van der Waals surface area contributed by atoms with E-state index in [1.807, 2.05) is 0 Å². The molecule has 3 unspecified atom stereocenters. The molecule has 0 aromatic rings. The molecular formula is C13H23NO2. The molecule has 3 heteroatoms.